The lowest BCUT2D eigenvalue weighted by Gasteiger charge is -2.41. The SMILES string of the molecule is CCCCCC/C=C\CCCCCCCCCC(=O)OC1C(OCC(NC(=O)C(O)CCCCCCCCCCCCCCCCCC)C(O)/C=C/CCCCCCCCCCCC)OC(CO)C(O)C1O. The van der Waals surface area contributed by atoms with Gasteiger partial charge in [-0.05, 0) is 51.4 Å². The predicted octanol–water partition coefficient (Wildman–Crippen LogP) is 14.1. The molecule has 8 unspecified atom stereocenters. The fraction of sp³-hybridized carbons (Fsp3) is 0.902. The average Bonchev–Trinajstić information content (AvgIpc) is 3.38. The van der Waals surface area contributed by atoms with Crippen molar-refractivity contribution < 1.29 is 49.3 Å². The topological polar surface area (TPSA) is 175 Å². The molecule has 0 bridgehead atoms. The lowest BCUT2D eigenvalue weighted by Crippen LogP contribution is -2.61. The Labute approximate surface area is 441 Å². The van der Waals surface area contributed by atoms with Gasteiger partial charge in [0.15, 0.2) is 12.4 Å². The molecule has 8 atom stereocenters. The van der Waals surface area contributed by atoms with E-state index >= 15 is 0 Å². The number of aliphatic hydroxyl groups is 5. The first-order valence-electron chi connectivity index (χ1n) is 30.6. The number of unbranched alkanes of at least 4 members (excludes halogenated alkanes) is 36. The van der Waals surface area contributed by atoms with Crippen LogP contribution in [0.4, 0.5) is 0 Å². The van der Waals surface area contributed by atoms with Gasteiger partial charge in [0.05, 0.1) is 25.4 Å². The van der Waals surface area contributed by atoms with E-state index in [-0.39, 0.29) is 13.0 Å². The molecule has 424 valence electrons. The number of allylic oxidation sites excluding steroid dienone is 3. The quantitative estimate of drug-likeness (QED) is 0.0195. The number of aliphatic hydroxyl groups excluding tert-OH is 5. The normalized spacial score (nSPS) is 19.6. The standard InChI is InChI=1S/C61H115NO10/c1-4-7-10-13-16-19-22-25-27-29-30-33-36-39-42-45-48-54(65)60(69)62-52(53(64)47-44-41-38-35-32-24-21-18-15-12-9-6-3)51-70-61-59(58(68)57(67)55(50-63)71-61)72-56(66)49-46-43-40-37-34-31-28-26-23-20-17-14-11-8-5-2/h20,23,44,47,52-55,57-59,61,63-65,67-68H,4-19,21-22,24-43,45-46,48-51H2,1-3H3,(H,62,69)/b23-20-,47-44+. The van der Waals surface area contributed by atoms with Crippen molar-refractivity contribution >= 4 is 11.9 Å². The number of hydrogen-bond donors (Lipinski definition) is 6. The van der Waals surface area contributed by atoms with Crippen LogP contribution >= 0.6 is 0 Å². The molecule has 1 saturated heterocycles. The van der Waals surface area contributed by atoms with Gasteiger partial charge in [0, 0.05) is 6.42 Å². The minimum Gasteiger partial charge on any atom is -0.454 e. The molecule has 0 aromatic carbocycles. The Morgan fingerprint density at radius 2 is 0.917 bits per heavy atom. The largest absolute Gasteiger partial charge is 0.454 e. The summed E-state index contributed by atoms with van der Waals surface area (Å²) in [5.74, 6) is -1.19. The van der Waals surface area contributed by atoms with E-state index < -0.39 is 67.4 Å². The van der Waals surface area contributed by atoms with Crippen LogP contribution in [0.2, 0.25) is 0 Å². The molecule has 72 heavy (non-hydrogen) atoms. The Morgan fingerprint density at radius 3 is 1.36 bits per heavy atom. The summed E-state index contributed by atoms with van der Waals surface area (Å²) in [6, 6.07) is -1.02. The summed E-state index contributed by atoms with van der Waals surface area (Å²) in [6.45, 7) is 5.79. The number of nitrogens with one attached hydrogen (secondary N) is 1. The number of ether oxygens (including phenoxy) is 3. The summed E-state index contributed by atoms with van der Waals surface area (Å²) in [4.78, 5) is 26.5. The van der Waals surface area contributed by atoms with Crippen LogP contribution in [0.25, 0.3) is 0 Å². The van der Waals surface area contributed by atoms with Gasteiger partial charge in [0.25, 0.3) is 0 Å². The maximum Gasteiger partial charge on any atom is 0.306 e. The lowest BCUT2D eigenvalue weighted by atomic mass is 9.99. The maximum atomic E-state index is 13.4. The molecular formula is C61H115NO10. The van der Waals surface area contributed by atoms with Gasteiger partial charge < -0.3 is 45.1 Å². The number of hydrogen-bond acceptors (Lipinski definition) is 10. The Balaban J connectivity index is 2.69. The Kier molecular flexibility index (Phi) is 47.3. The highest BCUT2D eigenvalue weighted by atomic mass is 16.7. The number of carbonyl (C=O) groups excluding carboxylic acids is 2. The molecule has 0 aromatic heterocycles. The zero-order valence-corrected chi connectivity index (χ0v) is 46.8. The summed E-state index contributed by atoms with van der Waals surface area (Å²) in [6.07, 6.45) is 46.4. The molecule has 1 aliphatic heterocycles. The van der Waals surface area contributed by atoms with Gasteiger partial charge in [-0.1, -0.05) is 257 Å². The van der Waals surface area contributed by atoms with Crippen molar-refractivity contribution in [2.24, 2.45) is 0 Å². The third kappa shape index (κ3) is 37.8. The molecule has 0 spiro atoms. The number of carbonyl (C=O) groups is 2. The van der Waals surface area contributed by atoms with Crippen LogP contribution in [0, 0.1) is 0 Å². The molecular weight excluding hydrogens is 907 g/mol. The molecule has 1 amide bonds. The van der Waals surface area contributed by atoms with Gasteiger partial charge >= 0.3 is 5.97 Å². The first-order valence-corrected chi connectivity index (χ1v) is 30.6. The first-order chi connectivity index (χ1) is 35.2. The zero-order chi connectivity index (χ0) is 52.5. The van der Waals surface area contributed by atoms with Crippen LogP contribution < -0.4 is 5.32 Å². The monoisotopic (exact) mass is 1020 g/mol. The van der Waals surface area contributed by atoms with Crippen molar-refractivity contribution in [2.75, 3.05) is 13.2 Å². The van der Waals surface area contributed by atoms with E-state index in [1.165, 1.54) is 173 Å². The fourth-order valence-electron chi connectivity index (χ4n) is 9.71. The van der Waals surface area contributed by atoms with Crippen molar-refractivity contribution in [1.82, 2.24) is 5.32 Å². The third-order valence-corrected chi connectivity index (χ3v) is 14.6. The van der Waals surface area contributed by atoms with E-state index in [4.69, 9.17) is 14.2 Å². The van der Waals surface area contributed by atoms with Crippen molar-refractivity contribution in [3.63, 3.8) is 0 Å². The molecule has 0 radical (unpaired) electrons. The Bertz CT molecular complexity index is 1270. The molecule has 1 heterocycles. The number of esters is 1. The van der Waals surface area contributed by atoms with E-state index in [9.17, 15) is 35.1 Å². The van der Waals surface area contributed by atoms with Gasteiger partial charge in [0.1, 0.15) is 24.4 Å². The molecule has 11 heteroatoms. The van der Waals surface area contributed by atoms with E-state index in [0.717, 1.165) is 70.6 Å². The minimum absolute atomic E-state index is 0.122. The maximum absolute atomic E-state index is 13.4. The summed E-state index contributed by atoms with van der Waals surface area (Å²) >= 11 is 0. The average molecular weight is 1020 g/mol. The van der Waals surface area contributed by atoms with Crippen molar-refractivity contribution in [2.45, 2.75) is 339 Å². The highest BCUT2D eigenvalue weighted by molar-refractivity contribution is 5.80. The van der Waals surface area contributed by atoms with Gasteiger partial charge in [-0.3, -0.25) is 9.59 Å². The smallest absolute Gasteiger partial charge is 0.306 e. The van der Waals surface area contributed by atoms with Crippen molar-refractivity contribution in [1.29, 1.82) is 0 Å². The van der Waals surface area contributed by atoms with E-state index in [2.05, 4.69) is 38.2 Å². The van der Waals surface area contributed by atoms with Gasteiger partial charge in [-0.2, -0.15) is 0 Å². The van der Waals surface area contributed by atoms with Crippen LogP contribution in [0.3, 0.4) is 0 Å². The zero-order valence-electron chi connectivity index (χ0n) is 46.8. The van der Waals surface area contributed by atoms with Gasteiger partial charge in [-0.25, -0.2) is 0 Å². The van der Waals surface area contributed by atoms with Crippen LogP contribution in [-0.4, -0.2) is 99.6 Å². The summed E-state index contributed by atoms with van der Waals surface area (Å²) in [7, 11) is 0. The van der Waals surface area contributed by atoms with Crippen LogP contribution in [-0.2, 0) is 23.8 Å². The van der Waals surface area contributed by atoms with Crippen molar-refractivity contribution in [3.05, 3.63) is 24.3 Å². The lowest BCUT2D eigenvalue weighted by molar-refractivity contribution is -0.305. The van der Waals surface area contributed by atoms with E-state index in [1.807, 2.05) is 6.08 Å². The Hall–Kier alpha value is -1.86. The van der Waals surface area contributed by atoms with Crippen molar-refractivity contribution in [3.8, 4) is 0 Å². The van der Waals surface area contributed by atoms with Gasteiger partial charge in [0.2, 0.25) is 5.91 Å². The number of amides is 1. The highest BCUT2D eigenvalue weighted by Crippen LogP contribution is 2.26. The molecule has 0 saturated carbocycles. The van der Waals surface area contributed by atoms with E-state index in [0.29, 0.717) is 19.3 Å². The van der Waals surface area contributed by atoms with E-state index in [1.54, 1.807) is 6.08 Å². The molecule has 0 aliphatic carbocycles. The molecule has 6 N–H and O–H groups in total. The van der Waals surface area contributed by atoms with Gasteiger partial charge in [-0.15, -0.1) is 0 Å². The Morgan fingerprint density at radius 1 is 0.528 bits per heavy atom. The molecule has 0 aromatic rings. The highest BCUT2D eigenvalue weighted by Gasteiger charge is 2.47. The summed E-state index contributed by atoms with van der Waals surface area (Å²) < 4.78 is 17.6. The molecule has 1 fully saturated rings. The van der Waals surface area contributed by atoms with Crippen LogP contribution in [0.15, 0.2) is 24.3 Å². The predicted molar refractivity (Wildman–Crippen MR) is 297 cm³/mol. The fourth-order valence-corrected chi connectivity index (χ4v) is 9.71. The van der Waals surface area contributed by atoms with Crippen LogP contribution in [0.1, 0.15) is 290 Å². The number of rotatable bonds is 52. The minimum atomic E-state index is -1.61. The van der Waals surface area contributed by atoms with Crippen LogP contribution in [0.5, 0.6) is 0 Å². The molecule has 11 nitrogen and oxygen atoms in total. The summed E-state index contributed by atoms with van der Waals surface area (Å²) in [5, 5.41) is 56.9. The molecule has 1 rings (SSSR count). The second kappa shape index (κ2) is 50.0. The third-order valence-electron chi connectivity index (χ3n) is 14.6. The summed E-state index contributed by atoms with van der Waals surface area (Å²) in [5.41, 5.74) is 0. The first kappa shape index (κ1) is 68.2. The molecule has 1 aliphatic rings. The second-order valence-corrected chi connectivity index (χ2v) is 21.4. The second-order valence-electron chi connectivity index (χ2n) is 21.4.